The van der Waals surface area contributed by atoms with Crippen molar-refractivity contribution in [2.75, 3.05) is 5.32 Å². The van der Waals surface area contributed by atoms with Crippen LogP contribution >= 0.6 is 0 Å². The highest BCUT2D eigenvalue weighted by molar-refractivity contribution is 5.48. The molecular formula is C15H13FN2. The zero-order valence-electron chi connectivity index (χ0n) is 10.1. The Morgan fingerprint density at radius 3 is 2.78 bits per heavy atom. The summed E-state index contributed by atoms with van der Waals surface area (Å²) >= 11 is 0. The molecule has 0 fully saturated rings. The number of nitrogens with zero attached hydrogens (tertiary/aromatic N) is 1. The molecule has 2 aromatic rings. The van der Waals surface area contributed by atoms with Gasteiger partial charge in [0.1, 0.15) is 5.82 Å². The molecule has 1 N–H and O–H groups in total. The van der Waals surface area contributed by atoms with Crippen LogP contribution < -0.4 is 5.32 Å². The van der Waals surface area contributed by atoms with Crippen LogP contribution in [0, 0.1) is 24.1 Å². The number of rotatable bonds is 3. The second-order valence-electron chi connectivity index (χ2n) is 4.11. The third-order valence-corrected chi connectivity index (χ3v) is 2.73. The van der Waals surface area contributed by atoms with Crippen LogP contribution in [-0.2, 0) is 6.54 Å². The zero-order chi connectivity index (χ0) is 13.0. The first-order chi connectivity index (χ1) is 8.70. The minimum absolute atomic E-state index is 0.282. The van der Waals surface area contributed by atoms with E-state index >= 15 is 0 Å². The van der Waals surface area contributed by atoms with Gasteiger partial charge in [0, 0.05) is 6.54 Å². The van der Waals surface area contributed by atoms with Crippen molar-refractivity contribution < 1.29 is 4.39 Å². The van der Waals surface area contributed by atoms with E-state index in [1.54, 1.807) is 18.2 Å². The van der Waals surface area contributed by atoms with Crippen molar-refractivity contribution in [1.82, 2.24) is 0 Å². The summed E-state index contributed by atoms with van der Waals surface area (Å²) in [5.41, 5.74) is 2.93. The molecule has 0 aliphatic heterocycles. The van der Waals surface area contributed by atoms with Gasteiger partial charge in [0.2, 0.25) is 0 Å². The van der Waals surface area contributed by atoms with E-state index < -0.39 is 0 Å². The average molecular weight is 240 g/mol. The third-order valence-electron chi connectivity index (χ3n) is 2.73. The predicted octanol–water partition coefficient (Wildman–Crippen LogP) is 3.62. The van der Waals surface area contributed by atoms with Crippen LogP contribution in [0.3, 0.4) is 0 Å². The van der Waals surface area contributed by atoms with Crippen LogP contribution in [0.25, 0.3) is 0 Å². The molecule has 0 unspecified atom stereocenters. The van der Waals surface area contributed by atoms with E-state index in [9.17, 15) is 4.39 Å². The Hall–Kier alpha value is -2.34. The van der Waals surface area contributed by atoms with Crippen molar-refractivity contribution >= 4 is 5.69 Å². The van der Waals surface area contributed by atoms with Gasteiger partial charge in [-0.1, -0.05) is 24.3 Å². The number of benzene rings is 2. The number of nitriles is 1. The fraction of sp³-hybridized carbons (Fsp3) is 0.133. The SMILES string of the molecule is Cc1ccc(F)c(NCc2ccccc2C#N)c1. The van der Waals surface area contributed by atoms with Crippen LogP contribution in [0.15, 0.2) is 42.5 Å². The summed E-state index contributed by atoms with van der Waals surface area (Å²) in [5.74, 6) is -0.282. The molecular weight excluding hydrogens is 227 g/mol. The Morgan fingerprint density at radius 1 is 1.22 bits per heavy atom. The maximum absolute atomic E-state index is 13.5. The highest BCUT2D eigenvalue weighted by Gasteiger charge is 2.04. The van der Waals surface area contributed by atoms with E-state index in [4.69, 9.17) is 5.26 Å². The van der Waals surface area contributed by atoms with Crippen molar-refractivity contribution in [1.29, 1.82) is 5.26 Å². The Bertz CT molecular complexity index is 600. The van der Waals surface area contributed by atoms with Crippen LogP contribution in [-0.4, -0.2) is 0 Å². The van der Waals surface area contributed by atoms with E-state index in [0.717, 1.165) is 11.1 Å². The Labute approximate surface area is 106 Å². The fourth-order valence-corrected chi connectivity index (χ4v) is 1.75. The molecule has 0 heterocycles. The van der Waals surface area contributed by atoms with Crippen LogP contribution in [0.4, 0.5) is 10.1 Å². The fourth-order valence-electron chi connectivity index (χ4n) is 1.75. The van der Waals surface area contributed by atoms with Crippen molar-refractivity contribution in [3.05, 3.63) is 65.0 Å². The van der Waals surface area contributed by atoms with Gasteiger partial charge in [0.05, 0.1) is 17.3 Å². The Balaban J connectivity index is 2.17. The minimum atomic E-state index is -0.282. The summed E-state index contributed by atoms with van der Waals surface area (Å²) < 4.78 is 13.5. The lowest BCUT2D eigenvalue weighted by atomic mass is 10.1. The van der Waals surface area contributed by atoms with Crippen LogP contribution in [0.5, 0.6) is 0 Å². The first kappa shape index (κ1) is 12.1. The summed E-state index contributed by atoms with van der Waals surface area (Å²) in [4.78, 5) is 0. The maximum Gasteiger partial charge on any atom is 0.146 e. The van der Waals surface area contributed by atoms with E-state index in [1.165, 1.54) is 6.07 Å². The smallest absolute Gasteiger partial charge is 0.146 e. The molecule has 0 aliphatic carbocycles. The first-order valence-corrected chi connectivity index (χ1v) is 5.69. The molecule has 0 bridgehead atoms. The largest absolute Gasteiger partial charge is 0.379 e. The van der Waals surface area contributed by atoms with Gasteiger partial charge in [-0.25, -0.2) is 4.39 Å². The second-order valence-corrected chi connectivity index (χ2v) is 4.11. The molecule has 0 atom stereocenters. The molecule has 18 heavy (non-hydrogen) atoms. The standard InChI is InChI=1S/C15H13FN2/c1-11-6-7-14(16)15(8-11)18-10-13-5-3-2-4-12(13)9-17/h2-8,18H,10H2,1H3. The van der Waals surface area contributed by atoms with Crippen molar-refractivity contribution in [3.63, 3.8) is 0 Å². The van der Waals surface area contributed by atoms with Gasteiger partial charge in [-0.2, -0.15) is 5.26 Å². The molecule has 0 amide bonds. The van der Waals surface area contributed by atoms with Gasteiger partial charge in [-0.3, -0.25) is 0 Å². The summed E-state index contributed by atoms with van der Waals surface area (Å²) in [7, 11) is 0. The molecule has 0 saturated heterocycles. The van der Waals surface area contributed by atoms with Crippen molar-refractivity contribution in [2.45, 2.75) is 13.5 Å². The molecule has 0 aliphatic rings. The molecule has 0 aromatic heterocycles. The predicted molar refractivity (Wildman–Crippen MR) is 69.6 cm³/mol. The summed E-state index contributed by atoms with van der Waals surface area (Å²) in [5, 5.41) is 12.0. The average Bonchev–Trinajstić information content (AvgIpc) is 2.40. The zero-order valence-corrected chi connectivity index (χ0v) is 10.1. The number of hydrogen-bond donors (Lipinski definition) is 1. The molecule has 2 nitrogen and oxygen atoms in total. The molecule has 0 spiro atoms. The van der Waals surface area contributed by atoms with E-state index in [1.807, 2.05) is 25.1 Å². The summed E-state index contributed by atoms with van der Waals surface area (Å²) in [6.45, 7) is 2.35. The Kier molecular flexibility index (Phi) is 3.59. The van der Waals surface area contributed by atoms with Gasteiger partial charge >= 0.3 is 0 Å². The van der Waals surface area contributed by atoms with Gasteiger partial charge in [-0.15, -0.1) is 0 Å². The third kappa shape index (κ3) is 2.67. The van der Waals surface area contributed by atoms with E-state index in [2.05, 4.69) is 11.4 Å². The first-order valence-electron chi connectivity index (χ1n) is 5.69. The lowest BCUT2D eigenvalue weighted by Crippen LogP contribution is -2.03. The molecule has 2 rings (SSSR count). The van der Waals surface area contributed by atoms with Gasteiger partial charge in [0.25, 0.3) is 0 Å². The maximum atomic E-state index is 13.5. The van der Waals surface area contributed by atoms with Crippen LogP contribution in [0.1, 0.15) is 16.7 Å². The number of halogens is 1. The quantitative estimate of drug-likeness (QED) is 0.889. The monoisotopic (exact) mass is 240 g/mol. The topological polar surface area (TPSA) is 35.8 Å². The molecule has 0 radical (unpaired) electrons. The Morgan fingerprint density at radius 2 is 2.00 bits per heavy atom. The summed E-state index contributed by atoms with van der Waals surface area (Å²) in [6, 6.07) is 14.3. The number of anilines is 1. The van der Waals surface area contributed by atoms with Crippen LogP contribution in [0.2, 0.25) is 0 Å². The number of aryl methyl sites for hydroxylation is 1. The lowest BCUT2D eigenvalue weighted by molar-refractivity contribution is 0.629. The van der Waals surface area contributed by atoms with Gasteiger partial charge in [0.15, 0.2) is 0 Å². The van der Waals surface area contributed by atoms with Crippen molar-refractivity contribution in [2.24, 2.45) is 0 Å². The summed E-state index contributed by atoms with van der Waals surface area (Å²) in [6.07, 6.45) is 0. The normalized spacial score (nSPS) is 9.83. The molecule has 2 aromatic carbocycles. The number of nitrogens with one attached hydrogen (secondary N) is 1. The highest BCUT2D eigenvalue weighted by atomic mass is 19.1. The molecule has 3 heteroatoms. The van der Waals surface area contributed by atoms with Crippen molar-refractivity contribution in [3.8, 4) is 6.07 Å². The van der Waals surface area contributed by atoms with E-state index in [0.29, 0.717) is 17.8 Å². The van der Waals surface area contributed by atoms with Gasteiger partial charge in [-0.05, 0) is 36.2 Å². The molecule has 90 valence electrons. The minimum Gasteiger partial charge on any atom is -0.379 e. The lowest BCUT2D eigenvalue weighted by Gasteiger charge is -2.09. The highest BCUT2D eigenvalue weighted by Crippen LogP contribution is 2.17. The van der Waals surface area contributed by atoms with Gasteiger partial charge < -0.3 is 5.32 Å². The second kappa shape index (κ2) is 5.33. The van der Waals surface area contributed by atoms with E-state index in [-0.39, 0.29) is 5.82 Å². The molecule has 0 saturated carbocycles. The number of hydrogen-bond acceptors (Lipinski definition) is 2.